The van der Waals surface area contributed by atoms with Crippen LogP contribution in [-0.4, -0.2) is 17.0 Å². The summed E-state index contributed by atoms with van der Waals surface area (Å²) in [5.41, 5.74) is 8.41. The molecule has 39 heavy (non-hydrogen) atoms. The molecule has 0 fully saturated rings. The number of nitrogens with zero attached hydrogens (tertiary/aromatic N) is 2. The molecule has 5 aliphatic rings. The van der Waals surface area contributed by atoms with Crippen molar-refractivity contribution in [3.63, 3.8) is 0 Å². The van der Waals surface area contributed by atoms with E-state index in [1.165, 1.54) is 72.4 Å². The van der Waals surface area contributed by atoms with Gasteiger partial charge in [0.2, 0.25) is 0 Å². The van der Waals surface area contributed by atoms with E-state index >= 15 is 0 Å². The largest absolute Gasteiger partial charge is 0.365 e. The Balaban J connectivity index is 1.20. The molecule has 3 atom stereocenters. The average Bonchev–Trinajstić information content (AvgIpc) is 3.00. The molecule has 0 spiro atoms. The first-order valence-electron chi connectivity index (χ1n) is 15.4. The van der Waals surface area contributed by atoms with Crippen LogP contribution in [0.15, 0.2) is 114 Å². The fraction of sp³-hybridized carbons (Fsp3) is 0.405. The fourth-order valence-electron chi connectivity index (χ4n) is 6.91. The minimum absolute atomic E-state index is 0.439. The molecule has 0 saturated carbocycles. The molecule has 0 saturated heterocycles. The molecule has 5 aliphatic carbocycles. The van der Waals surface area contributed by atoms with Crippen LogP contribution in [0.2, 0.25) is 0 Å². The summed E-state index contributed by atoms with van der Waals surface area (Å²) in [4.78, 5) is 5.30. The summed E-state index contributed by atoms with van der Waals surface area (Å²) in [7, 11) is 0. The molecule has 0 amide bonds. The van der Waals surface area contributed by atoms with Gasteiger partial charge in [-0.15, -0.1) is 0 Å². The summed E-state index contributed by atoms with van der Waals surface area (Å²) in [5.74, 6) is 0.619. The minimum Gasteiger partial charge on any atom is -0.365 e. The Morgan fingerprint density at radius 1 is 0.744 bits per heavy atom. The third kappa shape index (κ3) is 6.01. The first kappa shape index (κ1) is 26.0. The second-order valence-corrected chi connectivity index (χ2v) is 11.8. The predicted molar refractivity (Wildman–Crippen MR) is 167 cm³/mol. The molecule has 0 aliphatic heterocycles. The first-order chi connectivity index (χ1) is 19.3. The summed E-state index contributed by atoms with van der Waals surface area (Å²) in [5, 5.41) is 0. The summed E-state index contributed by atoms with van der Waals surface area (Å²) in [6.07, 6.45) is 41.4. The SMILES string of the molecule is CC1C=CC=C(N(C2C=CC(c3ccc(N(C4=CC=CCC4)C4=CCCCC4)cc3)=CC2)C2CC=CCC2)C1. The number of rotatable bonds is 7. The van der Waals surface area contributed by atoms with E-state index in [4.69, 9.17) is 0 Å². The van der Waals surface area contributed by atoms with E-state index in [1.54, 1.807) is 0 Å². The lowest BCUT2D eigenvalue weighted by atomic mass is 9.90. The van der Waals surface area contributed by atoms with E-state index in [0.717, 1.165) is 32.1 Å². The topological polar surface area (TPSA) is 6.48 Å². The van der Waals surface area contributed by atoms with Crippen molar-refractivity contribution in [3.8, 4) is 0 Å². The van der Waals surface area contributed by atoms with Gasteiger partial charge in [0.15, 0.2) is 0 Å². The molecule has 202 valence electrons. The van der Waals surface area contributed by atoms with Gasteiger partial charge in [0.05, 0.1) is 6.04 Å². The molecular formula is C37H44N2. The third-order valence-corrected chi connectivity index (χ3v) is 8.95. The van der Waals surface area contributed by atoms with E-state index in [1.807, 2.05) is 0 Å². The molecule has 2 nitrogen and oxygen atoms in total. The lowest BCUT2D eigenvalue weighted by molar-refractivity contribution is 0.188. The monoisotopic (exact) mass is 516 g/mol. The standard InChI is InChI=1S/C37H44N2/c1-29-12-11-19-37(28-29)39(34-17-9-4-10-18-34)36-26-22-31(23-27-36)30-20-24-35(25-21-30)38(32-13-5-2-6-14-32)33-15-7-3-8-16-33/h2,4-5,9,11-13,15,19-26,29,34,36H,3,6-8,10,14,16-18,27-28H2,1H3. The van der Waals surface area contributed by atoms with Gasteiger partial charge in [0.1, 0.15) is 0 Å². The van der Waals surface area contributed by atoms with Gasteiger partial charge in [-0.05, 0) is 112 Å². The van der Waals surface area contributed by atoms with Gasteiger partial charge >= 0.3 is 0 Å². The molecule has 0 heterocycles. The molecule has 2 heteroatoms. The maximum atomic E-state index is 2.76. The van der Waals surface area contributed by atoms with Gasteiger partial charge in [-0.25, -0.2) is 0 Å². The number of allylic oxidation sites excluding steroid dienone is 13. The third-order valence-electron chi connectivity index (χ3n) is 8.95. The van der Waals surface area contributed by atoms with E-state index in [2.05, 4.69) is 114 Å². The lowest BCUT2D eigenvalue weighted by Crippen LogP contribution is -2.43. The van der Waals surface area contributed by atoms with Gasteiger partial charge in [-0.3, -0.25) is 0 Å². The maximum absolute atomic E-state index is 2.76. The smallest absolute Gasteiger partial charge is 0.0511 e. The van der Waals surface area contributed by atoms with Crippen LogP contribution in [-0.2, 0) is 0 Å². The van der Waals surface area contributed by atoms with Crippen LogP contribution in [0, 0.1) is 5.92 Å². The number of benzene rings is 1. The summed E-state index contributed by atoms with van der Waals surface area (Å²) >= 11 is 0. The van der Waals surface area contributed by atoms with Crippen molar-refractivity contribution in [1.29, 1.82) is 0 Å². The molecule has 3 unspecified atom stereocenters. The van der Waals surface area contributed by atoms with E-state index in [9.17, 15) is 0 Å². The maximum Gasteiger partial charge on any atom is 0.0511 e. The van der Waals surface area contributed by atoms with Crippen LogP contribution in [0.3, 0.4) is 0 Å². The van der Waals surface area contributed by atoms with Crippen LogP contribution < -0.4 is 4.90 Å². The van der Waals surface area contributed by atoms with Gasteiger partial charge in [-0.1, -0.05) is 79.8 Å². The van der Waals surface area contributed by atoms with Gasteiger partial charge in [0, 0.05) is 28.8 Å². The van der Waals surface area contributed by atoms with Crippen LogP contribution in [0.25, 0.3) is 5.57 Å². The Morgan fingerprint density at radius 2 is 1.64 bits per heavy atom. The molecule has 0 N–H and O–H groups in total. The van der Waals surface area contributed by atoms with Crippen molar-refractivity contribution in [2.75, 3.05) is 4.90 Å². The molecule has 0 aromatic heterocycles. The van der Waals surface area contributed by atoms with Gasteiger partial charge < -0.3 is 9.80 Å². The highest BCUT2D eigenvalue weighted by Gasteiger charge is 2.29. The molecule has 0 bridgehead atoms. The average molecular weight is 517 g/mol. The quantitative estimate of drug-likeness (QED) is 0.333. The van der Waals surface area contributed by atoms with Crippen molar-refractivity contribution in [2.24, 2.45) is 5.92 Å². The van der Waals surface area contributed by atoms with Gasteiger partial charge in [-0.2, -0.15) is 0 Å². The Kier molecular flexibility index (Phi) is 8.19. The van der Waals surface area contributed by atoms with Crippen molar-refractivity contribution in [1.82, 2.24) is 4.90 Å². The molecule has 1 aromatic carbocycles. The normalized spacial score (nSPS) is 26.4. The zero-order valence-electron chi connectivity index (χ0n) is 23.6. The highest BCUT2D eigenvalue weighted by molar-refractivity contribution is 5.76. The second-order valence-electron chi connectivity index (χ2n) is 11.8. The Hall–Kier alpha value is -3.26. The number of hydrogen-bond donors (Lipinski definition) is 0. The fourth-order valence-corrected chi connectivity index (χ4v) is 6.91. The summed E-state index contributed by atoms with van der Waals surface area (Å²) in [6, 6.07) is 10.4. The van der Waals surface area contributed by atoms with E-state index in [-0.39, 0.29) is 0 Å². The summed E-state index contributed by atoms with van der Waals surface area (Å²) < 4.78 is 0. The lowest BCUT2D eigenvalue weighted by Gasteiger charge is -2.43. The zero-order chi connectivity index (χ0) is 26.4. The highest BCUT2D eigenvalue weighted by Crippen LogP contribution is 2.36. The summed E-state index contributed by atoms with van der Waals surface area (Å²) in [6.45, 7) is 2.34. The Bertz CT molecular complexity index is 1260. The molecule has 0 radical (unpaired) electrons. The van der Waals surface area contributed by atoms with E-state index < -0.39 is 0 Å². The Morgan fingerprint density at radius 3 is 2.33 bits per heavy atom. The van der Waals surface area contributed by atoms with Crippen molar-refractivity contribution >= 4 is 11.3 Å². The van der Waals surface area contributed by atoms with Crippen molar-refractivity contribution < 1.29 is 0 Å². The highest BCUT2D eigenvalue weighted by atomic mass is 15.2. The molecule has 1 aromatic rings. The first-order valence-corrected chi connectivity index (χ1v) is 15.4. The van der Waals surface area contributed by atoms with Crippen LogP contribution in [0.5, 0.6) is 0 Å². The number of anilines is 1. The zero-order valence-corrected chi connectivity index (χ0v) is 23.6. The van der Waals surface area contributed by atoms with Crippen molar-refractivity contribution in [2.45, 2.75) is 89.6 Å². The van der Waals surface area contributed by atoms with Crippen LogP contribution in [0.4, 0.5) is 5.69 Å². The van der Waals surface area contributed by atoms with Gasteiger partial charge in [0.25, 0.3) is 0 Å². The van der Waals surface area contributed by atoms with Crippen LogP contribution >= 0.6 is 0 Å². The van der Waals surface area contributed by atoms with Crippen LogP contribution in [0.1, 0.15) is 83.1 Å². The molecular weight excluding hydrogens is 472 g/mol. The Labute approximate surface area is 236 Å². The second kappa shape index (κ2) is 12.3. The van der Waals surface area contributed by atoms with Crippen molar-refractivity contribution in [3.05, 3.63) is 120 Å². The number of hydrogen-bond acceptors (Lipinski definition) is 2. The minimum atomic E-state index is 0.439. The van der Waals surface area contributed by atoms with E-state index in [0.29, 0.717) is 18.0 Å². The predicted octanol–water partition coefficient (Wildman–Crippen LogP) is 9.79. The molecule has 6 rings (SSSR count).